The minimum Gasteiger partial charge on any atom is -0.483 e. The number of carbonyl (C=O) groups excluding carboxylic acids is 2. The van der Waals surface area contributed by atoms with Crippen LogP contribution in [0.25, 0.3) is 0 Å². The fraction of sp³-hybridized carbons (Fsp3) is 0.600. The van der Waals surface area contributed by atoms with Crippen LogP contribution in [0.5, 0.6) is 5.75 Å². The summed E-state index contributed by atoms with van der Waals surface area (Å²) in [6.07, 6.45) is 1.59. The van der Waals surface area contributed by atoms with Gasteiger partial charge in [-0.05, 0) is 65.5 Å². The van der Waals surface area contributed by atoms with Gasteiger partial charge in [-0.15, -0.1) is 11.8 Å². The van der Waals surface area contributed by atoms with Gasteiger partial charge in [0.1, 0.15) is 28.9 Å². The molecule has 27 heavy (non-hydrogen) atoms. The van der Waals surface area contributed by atoms with Crippen LogP contribution in [0.1, 0.15) is 47.1 Å². The van der Waals surface area contributed by atoms with E-state index < -0.39 is 29.3 Å². The number of esters is 1. The maximum atomic E-state index is 12.6. The van der Waals surface area contributed by atoms with E-state index >= 15 is 0 Å². The molecular weight excluding hydrogens is 366 g/mol. The Hall–Kier alpha value is -1.89. The van der Waals surface area contributed by atoms with Crippen LogP contribution >= 0.6 is 11.8 Å². The Kier molecular flexibility index (Phi) is 8.47. The van der Waals surface area contributed by atoms with Crippen LogP contribution in [0.2, 0.25) is 0 Å². The summed E-state index contributed by atoms with van der Waals surface area (Å²) in [4.78, 5) is 24.7. The number of benzene rings is 1. The van der Waals surface area contributed by atoms with Gasteiger partial charge in [0.2, 0.25) is 0 Å². The summed E-state index contributed by atoms with van der Waals surface area (Å²) in [5.74, 6) is 0.818. The first kappa shape index (κ1) is 23.1. The van der Waals surface area contributed by atoms with Gasteiger partial charge in [0.25, 0.3) is 0 Å². The van der Waals surface area contributed by atoms with Crippen molar-refractivity contribution < 1.29 is 23.8 Å². The fourth-order valence-electron chi connectivity index (χ4n) is 2.10. The van der Waals surface area contributed by atoms with Crippen LogP contribution in [0.3, 0.4) is 0 Å². The molecule has 1 aromatic rings. The molecule has 1 rings (SSSR count). The number of hydrogen-bond donors (Lipinski definition) is 1. The van der Waals surface area contributed by atoms with Crippen molar-refractivity contribution in [1.82, 2.24) is 5.32 Å². The van der Waals surface area contributed by atoms with Crippen LogP contribution in [0.15, 0.2) is 24.3 Å². The number of amides is 1. The van der Waals surface area contributed by atoms with Crippen LogP contribution < -0.4 is 10.1 Å². The lowest BCUT2D eigenvalue weighted by Crippen LogP contribution is -2.47. The number of hydrogen-bond acceptors (Lipinski definition) is 6. The zero-order valence-electron chi connectivity index (χ0n) is 17.3. The molecule has 0 spiro atoms. The van der Waals surface area contributed by atoms with E-state index in [0.29, 0.717) is 5.94 Å². The van der Waals surface area contributed by atoms with Crippen LogP contribution in [0.4, 0.5) is 4.79 Å². The van der Waals surface area contributed by atoms with Gasteiger partial charge < -0.3 is 19.5 Å². The van der Waals surface area contributed by atoms with E-state index in [4.69, 9.17) is 14.2 Å². The standard InChI is InChI=1S/C20H31NO5S/c1-19(2,3)25-17(22)16(21-18(23)26-20(4,5)6)12-14-8-10-15(11-9-14)24-13-27-7/h8-11,16H,12-13H2,1-7H3,(H,21,23)/t16-/m1/s1. The van der Waals surface area contributed by atoms with Crippen LogP contribution in [-0.2, 0) is 20.7 Å². The third kappa shape index (κ3) is 10.1. The average Bonchev–Trinajstić information content (AvgIpc) is 2.50. The van der Waals surface area contributed by atoms with E-state index in [1.165, 1.54) is 0 Å². The third-order valence-corrected chi connectivity index (χ3v) is 3.44. The van der Waals surface area contributed by atoms with E-state index in [2.05, 4.69) is 5.32 Å². The fourth-order valence-corrected chi connectivity index (χ4v) is 2.35. The lowest BCUT2D eigenvalue weighted by atomic mass is 10.1. The molecule has 0 aliphatic carbocycles. The van der Waals surface area contributed by atoms with Crippen molar-refractivity contribution in [3.8, 4) is 5.75 Å². The highest BCUT2D eigenvalue weighted by Gasteiger charge is 2.28. The Morgan fingerprint density at radius 1 is 1.00 bits per heavy atom. The molecule has 152 valence electrons. The number of carbonyl (C=O) groups is 2. The average molecular weight is 398 g/mol. The van der Waals surface area contributed by atoms with Gasteiger partial charge in [0, 0.05) is 6.42 Å². The normalized spacial score (nSPS) is 12.9. The maximum absolute atomic E-state index is 12.6. The first-order chi connectivity index (χ1) is 12.4. The number of nitrogens with one attached hydrogen (secondary N) is 1. The molecule has 0 aliphatic rings. The SMILES string of the molecule is CSCOc1ccc(C[C@@H](NC(=O)OC(C)(C)C)C(=O)OC(C)(C)C)cc1. The number of ether oxygens (including phenoxy) is 3. The molecule has 0 saturated heterocycles. The predicted octanol–water partition coefficient (Wildman–Crippen LogP) is 4.16. The van der Waals surface area contributed by atoms with Crippen molar-refractivity contribution in [2.24, 2.45) is 0 Å². The third-order valence-electron chi connectivity index (χ3n) is 3.09. The molecule has 7 heteroatoms. The monoisotopic (exact) mass is 397 g/mol. The zero-order chi connectivity index (χ0) is 20.7. The molecule has 0 aromatic heterocycles. The molecule has 0 saturated carbocycles. The molecule has 1 aromatic carbocycles. The summed E-state index contributed by atoms with van der Waals surface area (Å²) in [6, 6.07) is 6.56. The van der Waals surface area contributed by atoms with Crippen molar-refractivity contribution in [2.75, 3.05) is 12.2 Å². The molecule has 0 radical (unpaired) electrons. The van der Waals surface area contributed by atoms with Crippen LogP contribution in [-0.4, -0.2) is 41.5 Å². The first-order valence-corrected chi connectivity index (χ1v) is 10.2. The molecule has 0 heterocycles. The van der Waals surface area contributed by atoms with Gasteiger partial charge in [0.15, 0.2) is 0 Å². The summed E-state index contributed by atoms with van der Waals surface area (Å²) in [5, 5.41) is 2.62. The summed E-state index contributed by atoms with van der Waals surface area (Å²) in [7, 11) is 0. The quantitative estimate of drug-likeness (QED) is 0.550. The Balaban J connectivity index is 2.86. The Morgan fingerprint density at radius 3 is 2.04 bits per heavy atom. The second-order valence-corrected chi connectivity index (χ2v) is 8.94. The second kappa shape index (κ2) is 9.88. The van der Waals surface area contributed by atoms with Gasteiger partial charge in [-0.25, -0.2) is 9.59 Å². The van der Waals surface area contributed by atoms with Gasteiger partial charge in [-0.1, -0.05) is 12.1 Å². The van der Waals surface area contributed by atoms with Crippen molar-refractivity contribution in [3.05, 3.63) is 29.8 Å². The topological polar surface area (TPSA) is 73.9 Å². The minimum atomic E-state index is -0.850. The van der Waals surface area contributed by atoms with Crippen LogP contribution in [0, 0.1) is 0 Å². The van der Waals surface area contributed by atoms with Gasteiger partial charge in [-0.2, -0.15) is 0 Å². The highest BCUT2D eigenvalue weighted by atomic mass is 32.2. The second-order valence-electron chi connectivity index (χ2n) is 8.13. The Morgan fingerprint density at radius 2 is 1.56 bits per heavy atom. The molecule has 1 atom stereocenters. The van der Waals surface area contributed by atoms with Crippen molar-refractivity contribution in [2.45, 2.75) is 65.2 Å². The molecule has 1 amide bonds. The van der Waals surface area contributed by atoms with E-state index in [1.807, 2.05) is 30.5 Å². The predicted molar refractivity (Wildman–Crippen MR) is 108 cm³/mol. The van der Waals surface area contributed by atoms with Crippen molar-refractivity contribution >= 4 is 23.8 Å². The Bertz CT molecular complexity index is 617. The summed E-state index contributed by atoms with van der Waals surface area (Å²) >= 11 is 1.59. The lowest BCUT2D eigenvalue weighted by Gasteiger charge is -2.26. The molecule has 6 nitrogen and oxygen atoms in total. The maximum Gasteiger partial charge on any atom is 0.408 e. The Labute approximate surface area is 166 Å². The molecule has 0 aliphatic heterocycles. The van der Waals surface area contributed by atoms with E-state index in [0.717, 1.165) is 11.3 Å². The number of thioether (sulfide) groups is 1. The highest BCUT2D eigenvalue weighted by Crippen LogP contribution is 2.17. The lowest BCUT2D eigenvalue weighted by molar-refractivity contribution is -0.157. The molecule has 0 unspecified atom stereocenters. The number of rotatable bonds is 7. The summed E-state index contributed by atoms with van der Waals surface area (Å²) in [5.41, 5.74) is -0.433. The van der Waals surface area contributed by atoms with E-state index in [9.17, 15) is 9.59 Å². The minimum absolute atomic E-state index is 0.289. The number of alkyl carbamates (subject to hydrolysis) is 1. The van der Waals surface area contributed by atoms with Crippen molar-refractivity contribution in [3.63, 3.8) is 0 Å². The summed E-state index contributed by atoms with van der Waals surface area (Å²) in [6.45, 7) is 10.7. The van der Waals surface area contributed by atoms with E-state index in [-0.39, 0.29) is 6.42 Å². The largest absolute Gasteiger partial charge is 0.483 e. The molecule has 1 N–H and O–H groups in total. The first-order valence-electron chi connectivity index (χ1n) is 8.82. The van der Waals surface area contributed by atoms with Crippen molar-refractivity contribution in [1.29, 1.82) is 0 Å². The van der Waals surface area contributed by atoms with E-state index in [1.54, 1.807) is 53.3 Å². The zero-order valence-corrected chi connectivity index (χ0v) is 18.1. The highest BCUT2D eigenvalue weighted by molar-refractivity contribution is 7.98. The molecule has 0 bridgehead atoms. The van der Waals surface area contributed by atoms with Gasteiger partial charge in [-0.3, -0.25) is 0 Å². The van der Waals surface area contributed by atoms with Gasteiger partial charge >= 0.3 is 12.1 Å². The summed E-state index contributed by atoms with van der Waals surface area (Å²) < 4.78 is 16.2. The molecular formula is C20H31NO5S. The van der Waals surface area contributed by atoms with Gasteiger partial charge in [0.05, 0.1) is 0 Å². The smallest absolute Gasteiger partial charge is 0.408 e. The molecule has 0 fully saturated rings.